The SMILES string of the molecule is COC1(C)Oc2ccc(P(=O)(c3ccccc3)c3ccccc3)c(-c3c(P(=O)(c4ccccc4)c4ccccc4)ccc4c3OC(C)(OC)C(C)(OC)O4)c2OC1(C)OC. The number of hydrogen-bond acceptors (Lipinski definition) is 10. The molecule has 0 bridgehead atoms. The van der Waals surface area contributed by atoms with E-state index in [1.807, 2.05) is 121 Å². The fraction of sp³-hybridized carbons (Fsp3) is 0.250. The Morgan fingerprint density at radius 1 is 0.367 bits per heavy atom. The highest BCUT2D eigenvalue weighted by Crippen LogP contribution is 2.60. The molecule has 0 amide bonds. The maximum Gasteiger partial charge on any atom is 0.273 e. The van der Waals surface area contributed by atoms with Crippen LogP contribution in [0.3, 0.4) is 0 Å². The first-order valence-corrected chi connectivity index (χ1v) is 22.9. The van der Waals surface area contributed by atoms with Crippen LogP contribution in [0, 0.1) is 0 Å². The third-order valence-corrected chi connectivity index (χ3v) is 18.2. The van der Waals surface area contributed by atoms with Gasteiger partial charge in [0.15, 0.2) is 37.3 Å². The molecule has 310 valence electrons. The molecule has 0 aromatic heterocycles. The molecule has 6 aromatic rings. The molecule has 12 heteroatoms. The lowest BCUT2D eigenvalue weighted by molar-refractivity contribution is -0.345. The lowest BCUT2D eigenvalue weighted by Gasteiger charge is -2.48. The summed E-state index contributed by atoms with van der Waals surface area (Å²) in [6, 6.07) is 44.2. The van der Waals surface area contributed by atoms with E-state index in [9.17, 15) is 0 Å². The first kappa shape index (κ1) is 41.5. The molecule has 4 unspecified atom stereocenters. The minimum absolute atomic E-state index is 0.156. The van der Waals surface area contributed by atoms with E-state index in [4.69, 9.17) is 37.9 Å². The van der Waals surface area contributed by atoms with Gasteiger partial charge in [0.05, 0.1) is 0 Å². The van der Waals surface area contributed by atoms with Gasteiger partial charge in [0, 0.05) is 99.1 Å². The minimum atomic E-state index is -3.89. The molecule has 0 saturated heterocycles. The van der Waals surface area contributed by atoms with Crippen LogP contribution in [0.2, 0.25) is 0 Å². The number of rotatable bonds is 11. The highest BCUT2D eigenvalue weighted by atomic mass is 31.2. The van der Waals surface area contributed by atoms with Crippen molar-refractivity contribution < 1.29 is 47.0 Å². The Hall–Kier alpha value is -5.18. The van der Waals surface area contributed by atoms with Crippen LogP contribution < -0.4 is 50.8 Å². The molecule has 4 atom stereocenters. The number of fused-ring (bicyclic) bond motifs is 2. The summed E-state index contributed by atoms with van der Waals surface area (Å²) in [6.45, 7) is 6.84. The van der Waals surface area contributed by atoms with Gasteiger partial charge in [-0.25, -0.2) is 0 Å². The maximum absolute atomic E-state index is 16.8. The molecule has 60 heavy (non-hydrogen) atoms. The van der Waals surface area contributed by atoms with E-state index in [-0.39, 0.29) is 34.1 Å². The minimum Gasteiger partial charge on any atom is -0.452 e. The first-order valence-electron chi connectivity index (χ1n) is 19.5. The average Bonchev–Trinajstić information content (AvgIpc) is 3.29. The van der Waals surface area contributed by atoms with Gasteiger partial charge < -0.3 is 47.0 Å². The molecule has 0 saturated carbocycles. The van der Waals surface area contributed by atoms with Crippen molar-refractivity contribution in [2.24, 2.45) is 0 Å². The van der Waals surface area contributed by atoms with Gasteiger partial charge in [-0.2, -0.15) is 0 Å². The summed E-state index contributed by atoms with van der Waals surface area (Å²) in [5.74, 6) is -5.23. The number of methoxy groups -OCH3 is 4. The Morgan fingerprint density at radius 3 is 0.867 bits per heavy atom. The van der Waals surface area contributed by atoms with E-state index in [1.165, 1.54) is 28.4 Å². The van der Waals surface area contributed by atoms with Crippen LogP contribution >= 0.6 is 14.3 Å². The fourth-order valence-corrected chi connectivity index (χ4v) is 13.7. The summed E-state index contributed by atoms with van der Waals surface area (Å²) in [7, 11) is -1.77. The molecule has 0 fully saturated rings. The van der Waals surface area contributed by atoms with Crippen LogP contribution in [0.1, 0.15) is 27.7 Å². The quantitative estimate of drug-likeness (QED) is 0.121. The van der Waals surface area contributed by atoms with E-state index < -0.39 is 37.4 Å². The van der Waals surface area contributed by atoms with Crippen molar-refractivity contribution in [3.05, 3.63) is 146 Å². The summed E-state index contributed by atoms with van der Waals surface area (Å²) >= 11 is 0. The predicted molar refractivity (Wildman–Crippen MR) is 235 cm³/mol. The van der Waals surface area contributed by atoms with E-state index in [2.05, 4.69) is 0 Å². The third kappa shape index (κ3) is 6.24. The van der Waals surface area contributed by atoms with Crippen molar-refractivity contribution in [2.45, 2.75) is 50.8 Å². The van der Waals surface area contributed by atoms with Gasteiger partial charge in [0.25, 0.3) is 23.1 Å². The van der Waals surface area contributed by atoms with Crippen LogP contribution in [0.5, 0.6) is 23.0 Å². The molecule has 0 N–H and O–H groups in total. The van der Waals surface area contributed by atoms with Crippen molar-refractivity contribution in [1.29, 1.82) is 0 Å². The molecular formula is C48H48O10P2. The second-order valence-corrected chi connectivity index (χ2v) is 20.6. The first-order chi connectivity index (χ1) is 28.8. The third-order valence-electron chi connectivity index (χ3n) is 12.0. The van der Waals surface area contributed by atoms with E-state index in [0.29, 0.717) is 31.8 Å². The predicted octanol–water partition coefficient (Wildman–Crippen LogP) is 7.63. The Morgan fingerprint density at radius 2 is 0.617 bits per heavy atom. The lowest BCUT2D eigenvalue weighted by atomic mass is 9.98. The number of hydrogen-bond donors (Lipinski definition) is 0. The molecule has 2 heterocycles. The zero-order valence-corrected chi connectivity index (χ0v) is 36.6. The smallest absolute Gasteiger partial charge is 0.273 e. The standard InChI is InChI=1S/C48H48O10P2/c1-45(51-5)47(3,53-7)57-43-37(55-45)29-31-39(59(49,33-21-13-9-14-22-33)34-23-15-10-16-24-34)41(43)42-40(32-30-38-44(42)58-48(4,54-8)46(2,52-6)56-38)60(50,35-25-17-11-18-26-35)36-27-19-12-20-28-36/h9-32H,1-8H3. The Kier molecular flexibility index (Phi) is 10.6. The fourth-order valence-electron chi connectivity index (χ4n) is 7.97. The van der Waals surface area contributed by atoms with Crippen molar-refractivity contribution in [3.8, 4) is 34.1 Å². The van der Waals surface area contributed by atoms with Gasteiger partial charge in [-0.15, -0.1) is 0 Å². The zero-order valence-electron chi connectivity index (χ0n) is 34.8. The molecule has 6 aromatic carbocycles. The van der Waals surface area contributed by atoms with Crippen molar-refractivity contribution in [2.75, 3.05) is 28.4 Å². The monoisotopic (exact) mass is 846 g/mol. The molecule has 0 radical (unpaired) electrons. The van der Waals surface area contributed by atoms with E-state index in [1.54, 1.807) is 52.0 Å². The summed E-state index contributed by atoms with van der Waals surface area (Å²) in [5, 5.41) is 2.92. The Labute approximate surface area is 351 Å². The van der Waals surface area contributed by atoms with E-state index >= 15 is 9.13 Å². The van der Waals surface area contributed by atoms with Crippen LogP contribution in [-0.4, -0.2) is 51.6 Å². The molecule has 8 rings (SSSR count). The summed E-state index contributed by atoms with van der Waals surface area (Å²) in [5.41, 5.74) is 0.568. The Balaban J connectivity index is 1.61. The normalized spacial score (nSPS) is 23.5. The van der Waals surface area contributed by atoms with Crippen LogP contribution in [0.15, 0.2) is 146 Å². The number of ether oxygens (including phenoxy) is 8. The molecule has 0 spiro atoms. The Bertz CT molecular complexity index is 2360. The average molecular weight is 847 g/mol. The van der Waals surface area contributed by atoms with Gasteiger partial charge in [0.2, 0.25) is 0 Å². The van der Waals surface area contributed by atoms with Crippen LogP contribution in [-0.2, 0) is 28.1 Å². The molecular weight excluding hydrogens is 798 g/mol. The zero-order chi connectivity index (χ0) is 42.6. The van der Waals surface area contributed by atoms with E-state index in [0.717, 1.165) is 0 Å². The van der Waals surface area contributed by atoms with Crippen molar-refractivity contribution in [3.63, 3.8) is 0 Å². The number of benzene rings is 6. The highest BCUT2D eigenvalue weighted by molar-refractivity contribution is 7.86. The molecule has 0 aliphatic carbocycles. The largest absolute Gasteiger partial charge is 0.452 e. The summed E-state index contributed by atoms with van der Waals surface area (Å²) < 4.78 is 85.1. The molecule has 2 aliphatic heterocycles. The summed E-state index contributed by atoms with van der Waals surface area (Å²) in [6.07, 6.45) is 0. The van der Waals surface area contributed by atoms with Crippen LogP contribution in [0.4, 0.5) is 0 Å². The van der Waals surface area contributed by atoms with Crippen molar-refractivity contribution in [1.82, 2.24) is 0 Å². The maximum atomic E-state index is 16.8. The van der Waals surface area contributed by atoms with Gasteiger partial charge in [0.1, 0.15) is 0 Å². The van der Waals surface area contributed by atoms with Gasteiger partial charge in [-0.05, 0) is 24.3 Å². The lowest BCUT2D eigenvalue weighted by Crippen LogP contribution is -2.62. The topological polar surface area (TPSA) is 108 Å². The van der Waals surface area contributed by atoms with Gasteiger partial charge in [-0.1, -0.05) is 121 Å². The molecule has 2 aliphatic rings. The second-order valence-electron chi connectivity index (χ2n) is 15.1. The van der Waals surface area contributed by atoms with Crippen molar-refractivity contribution >= 4 is 46.1 Å². The van der Waals surface area contributed by atoms with Crippen LogP contribution in [0.25, 0.3) is 11.1 Å². The van der Waals surface area contributed by atoms with Gasteiger partial charge >= 0.3 is 0 Å². The molecule has 10 nitrogen and oxygen atoms in total. The summed E-state index contributed by atoms with van der Waals surface area (Å²) in [4.78, 5) is 0. The van der Waals surface area contributed by atoms with Gasteiger partial charge in [-0.3, -0.25) is 0 Å². The highest BCUT2D eigenvalue weighted by Gasteiger charge is 2.58. The second kappa shape index (κ2) is 15.4.